The summed E-state index contributed by atoms with van der Waals surface area (Å²) < 4.78 is 1.99. The Kier molecular flexibility index (Phi) is 4.34. The molecule has 0 spiro atoms. The topological polar surface area (TPSA) is 20.3 Å². The van der Waals surface area contributed by atoms with Gasteiger partial charge in [-0.15, -0.1) is 11.3 Å². The molecule has 2 nitrogen and oxygen atoms in total. The normalized spacial score (nSPS) is 27.2. The highest BCUT2D eigenvalue weighted by Gasteiger charge is 2.36. The summed E-state index contributed by atoms with van der Waals surface area (Å²) in [6.45, 7) is 0.938. The van der Waals surface area contributed by atoms with Gasteiger partial charge >= 0.3 is 0 Å². The molecule has 0 N–H and O–H groups in total. The smallest absolute Gasteiger partial charge is 0.264 e. The fourth-order valence-corrected chi connectivity index (χ4v) is 5.46. The Bertz CT molecular complexity index is 466. The lowest BCUT2D eigenvalue weighted by atomic mass is 9.78. The molecule has 1 saturated carbocycles. The first-order valence-electron chi connectivity index (χ1n) is 6.92. The first-order valence-corrected chi connectivity index (χ1v) is 9.33. The summed E-state index contributed by atoms with van der Waals surface area (Å²) in [4.78, 5) is 15.7. The Morgan fingerprint density at radius 1 is 1.21 bits per heavy atom. The third-order valence-corrected chi connectivity index (χ3v) is 7.60. The van der Waals surface area contributed by atoms with Crippen LogP contribution in [0, 0.1) is 5.92 Å². The summed E-state index contributed by atoms with van der Waals surface area (Å²) in [6.07, 6.45) is 7.62. The average Bonchev–Trinajstić information content (AvgIpc) is 2.77. The second kappa shape index (κ2) is 5.86. The molecule has 2 atom stereocenters. The number of carbonyl (C=O) groups is 1. The van der Waals surface area contributed by atoms with E-state index in [0.29, 0.717) is 6.04 Å². The minimum Gasteiger partial charge on any atom is -0.335 e. The molecular weight excluding hydrogens is 390 g/mol. The van der Waals surface area contributed by atoms with Gasteiger partial charge in [-0.3, -0.25) is 4.79 Å². The lowest BCUT2D eigenvalue weighted by molar-refractivity contribution is 0.0395. The molecule has 19 heavy (non-hydrogen) atoms. The van der Waals surface area contributed by atoms with Gasteiger partial charge in [0.05, 0.1) is 8.66 Å². The molecule has 3 rings (SSSR count). The van der Waals surface area contributed by atoms with E-state index in [0.717, 1.165) is 25.6 Å². The zero-order valence-electron chi connectivity index (χ0n) is 10.7. The summed E-state index contributed by atoms with van der Waals surface area (Å²) in [5.41, 5.74) is 0. The molecule has 1 aromatic heterocycles. The molecule has 1 aromatic rings. The van der Waals surface area contributed by atoms with Crippen LogP contribution in [0.4, 0.5) is 0 Å². The van der Waals surface area contributed by atoms with Gasteiger partial charge in [0.15, 0.2) is 0 Å². The van der Waals surface area contributed by atoms with Crippen LogP contribution in [0.3, 0.4) is 0 Å². The number of piperidine rings is 1. The van der Waals surface area contributed by atoms with E-state index in [9.17, 15) is 4.79 Å². The summed E-state index contributed by atoms with van der Waals surface area (Å²) in [5.74, 6) is 0.978. The quantitative estimate of drug-likeness (QED) is 0.637. The number of rotatable bonds is 1. The van der Waals surface area contributed by atoms with Crippen molar-refractivity contribution in [2.24, 2.45) is 5.92 Å². The van der Waals surface area contributed by atoms with E-state index in [2.05, 4.69) is 36.8 Å². The fourth-order valence-electron chi connectivity index (χ4n) is 3.47. The Morgan fingerprint density at radius 2 is 1.95 bits per heavy atom. The van der Waals surface area contributed by atoms with Gasteiger partial charge in [0, 0.05) is 17.1 Å². The van der Waals surface area contributed by atoms with E-state index in [1.807, 2.05) is 6.07 Å². The van der Waals surface area contributed by atoms with Crippen molar-refractivity contribution >= 4 is 49.1 Å². The molecule has 2 aliphatic rings. The minimum absolute atomic E-state index is 0.230. The second-order valence-electron chi connectivity index (χ2n) is 5.48. The van der Waals surface area contributed by atoms with E-state index in [-0.39, 0.29) is 5.91 Å². The first-order chi connectivity index (χ1) is 9.16. The number of thiophene rings is 1. The van der Waals surface area contributed by atoms with Crippen LogP contribution in [0.2, 0.25) is 0 Å². The highest BCUT2D eigenvalue weighted by molar-refractivity contribution is 9.13. The largest absolute Gasteiger partial charge is 0.335 e. The summed E-state index contributed by atoms with van der Waals surface area (Å²) >= 11 is 8.48. The molecule has 1 saturated heterocycles. The Morgan fingerprint density at radius 3 is 2.68 bits per heavy atom. The number of hydrogen-bond donors (Lipinski definition) is 0. The maximum absolute atomic E-state index is 12.7. The van der Waals surface area contributed by atoms with Crippen molar-refractivity contribution in [2.75, 3.05) is 6.54 Å². The van der Waals surface area contributed by atoms with Gasteiger partial charge in [0.2, 0.25) is 0 Å². The Labute approximate surface area is 134 Å². The van der Waals surface area contributed by atoms with Crippen LogP contribution in [0.1, 0.15) is 48.2 Å². The molecule has 1 amide bonds. The van der Waals surface area contributed by atoms with Gasteiger partial charge in [0.25, 0.3) is 5.91 Å². The predicted molar refractivity (Wildman–Crippen MR) is 85.7 cm³/mol. The van der Waals surface area contributed by atoms with Crippen molar-refractivity contribution in [2.45, 2.75) is 44.6 Å². The molecule has 2 heterocycles. The molecular formula is C14H17Br2NOS. The van der Waals surface area contributed by atoms with Gasteiger partial charge in [-0.2, -0.15) is 0 Å². The number of hydrogen-bond acceptors (Lipinski definition) is 2. The summed E-state index contributed by atoms with van der Waals surface area (Å²) in [5, 5.41) is 0. The summed E-state index contributed by atoms with van der Waals surface area (Å²) in [6, 6.07) is 2.44. The first kappa shape index (κ1) is 14.1. The SMILES string of the molecule is O=C(c1cc(Br)c(Br)s1)N1CCC[C@H]2CCCC[C@H]21. The van der Waals surface area contributed by atoms with Gasteiger partial charge in [-0.25, -0.2) is 0 Å². The van der Waals surface area contributed by atoms with E-state index in [1.165, 1.54) is 49.9 Å². The van der Waals surface area contributed by atoms with Crippen molar-refractivity contribution in [3.05, 3.63) is 19.2 Å². The highest BCUT2D eigenvalue weighted by atomic mass is 79.9. The second-order valence-corrected chi connectivity index (χ2v) is 8.71. The molecule has 1 aliphatic heterocycles. The molecule has 0 bridgehead atoms. The van der Waals surface area contributed by atoms with Gasteiger partial charge in [0.1, 0.15) is 0 Å². The number of fused-ring (bicyclic) bond motifs is 1. The standard InChI is InChI=1S/C14H17Br2NOS/c15-10-8-12(19-13(10)16)14(18)17-7-3-5-9-4-1-2-6-11(9)17/h8-9,11H,1-7H2/t9-,11-/m1/s1. The van der Waals surface area contributed by atoms with Crippen LogP contribution in [0.5, 0.6) is 0 Å². The number of nitrogens with zero attached hydrogens (tertiary/aromatic N) is 1. The van der Waals surface area contributed by atoms with E-state index in [1.54, 1.807) is 0 Å². The van der Waals surface area contributed by atoms with Crippen molar-refractivity contribution in [1.82, 2.24) is 4.90 Å². The zero-order chi connectivity index (χ0) is 13.4. The minimum atomic E-state index is 0.230. The molecule has 2 fully saturated rings. The number of likely N-dealkylation sites (tertiary alicyclic amines) is 1. The molecule has 0 radical (unpaired) electrons. The van der Waals surface area contributed by atoms with E-state index in [4.69, 9.17) is 0 Å². The van der Waals surface area contributed by atoms with E-state index >= 15 is 0 Å². The zero-order valence-corrected chi connectivity index (χ0v) is 14.7. The molecule has 1 aliphatic carbocycles. The van der Waals surface area contributed by atoms with Gasteiger partial charge in [-0.1, -0.05) is 12.8 Å². The lowest BCUT2D eigenvalue weighted by Crippen LogP contribution is -2.49. The third-order valence-electron chi connectivity index (χ3n) is 4.36. The number of amides is 1. The van der Waals surface area contributed by atoms with Crippen LogP contribution in [-0.4, -0.2) is 23.4 Å². The summed E-state index contributed by atoms with van der Waals surface area (Å²) in [7, 11) is 0. The van der Waals surface area contributed by atoms with Crippen LogP contribution >= 0.6 is 43.2 Å². The predicted octanol–water partition coefficient (Wildman–Crippen LogP) is 5.07. The van der Waals surface area contributed by atoms with Crippen LogP contribution in [-0.2, 0) is 0 Å². The monoisotopic (exact) mass is 405 g/mol. The Hall–Kier alpha value is 0.130. The molecule has 104 valence electrons. The lowest BCUT2D eigenvalue weighted by Gasteiger charge is -2.44. The van der Waals surface area contributed by atoms with Gasteiger partial charge in [-0.05, 0) is 69.5 Å². The average molecular weight is 407 g/mol. The van der Waals surface area contributed by atoms with Crippen molar-refractivity contribution in [1.29, 1.82) is 0 Å². The van der Waals surface area contributed by atoms with Crippen LogP contribution in [0.15, 0.2) is 14.3 Å². The van der Waals surface area contributed by atoms with Crippen LogP contribution < -0.4 is 0 Å². The molecule has 0 aromatic carbocycles. The van der Waals surface area contributed by atoms with Crippen LogP contribution in [0.25, 0.3) is 0 Å². The fraction of sp³-hybridized carbons (Fsp3) is 0.643. The Balaban J connectivity index is 1.81. The van der Waals surface area contributed by atoms with E-state index < -0.39 is 0 Å². The third kappa shape index (κ3) is 2.79. The number of carbonyl (C=O) groups excluding carboxylic acids is 1. The van der Waals surface area contributed by atoms with Gasteiger partial charge < -0.3 is 4.90 Å². The van der Waals surface area contributed by atoms with Crippen molar-refractivity contribution in [3.8, 4) is 0 Å². The van der Waals surface area contributed by atoms with Crippen molar-refractivity contribution < 1.29 is 4.79 Å². The maximum Gasteiger partial charge on any atom is 0.264 e. The highest BCUT2D eigenvalue weighted by Crippen LogP contribution is 2.38. The molecule has 0 unspecified atom stereocenters. The number of halogens is 2. The van der Waals surface area contributed by atoms with Crippen molar-refractivity contribution in [3.63, 3.8) is 0 Å². The maximum atomic E-state index is 12.7. The molecule has 5 heteroatoms.